The van der Waals surface area contributed by atoms with Crippen LogP contribution < -0.4 is 10.1 Å². The highest BCUT2D eigenvalue weighted by Crippen LogP contribution is 2.27. The highest BCUT2D eigenvalue weighted by atomic mass is 16.5. The monoisotopic (exact) mass is 424 g/mol. The largest absolute Gasteiger partial charge is 0.474 e. The molecule has 1 aliphatic carbocycles. The van der Waals surface area contributed by atoms with Gasteiger partial charge in [0.2, 0.25) is 5.88 Å². The van der Waals surface area contributed by atoms with E-state index in [1.165, 1.54) is 6.20 Å². The van der Waals surface area contributed by atoms with Gasteiger partial charge in [0.05, 0.1) is 19.0 Å². The summed E-state index contributed by atoms with van der Waals surface area (Å²) in [5.41, 5.74) is 0.0958. The highest BCUT2D eigenvalue weighted by Gasteiger charge is 2.22. The van der Waals surface area contributed by atoms with Gasteiger partial charge in [-0.3, -0.25) is 9.59 Å². The Morgan fingerprint density at radius 3 is 2.27 bits per heavy atom. The summed E-state index contributed by atoms with van der Waals surface area (Å²) in [6.07, 6.45) is 5.75. The maximum atomic E-state index is 11.4. The van der Waals surface area contributed by atoms with Crippen LogP contribution in [0.4, 0.5) is 5.69 Å². The molecule has 1 N–H and O–H groups in total. The summed E-state index contributed by atoms with van der Waals surface area (Å²) in [6, 6.07) is 3.31. The van der Waals surface area contributed by atoms with Gasteiger partial charge in [0, 0.05) is 19.8 Å². The van der Waals surface area contributed by atoms with Crippen LogP contribution in [0.25, 0.3) is 0 Å². The van der Waals surface area contributed by atoms with Gasteiger partial charge in [0.25, 0.3) is 6.47 Å². The molecule has 0 unspecified atom stereocenters. The highest BCUT2D eigenvalue weighted by molar-refractivity contribution is 6.37. The van der Waals surface area contributed by atoms with Gasteiger partial charge in [0.1, 0.15) is 11.7 Å². The number of nitrogens with zero attached hydrogens (tertiary/aromatic N) is 1. The van der Waals surface area contributed by atoms with E-state index < -0.39 is 11.9 Å². The lowest BCUT2D eigenvalue weighted by atomic mass is 9.88. The molecule has 1 aromatic heterocycles. The Bertz CT molecular complexity index is 663. The first-order valence-corrected chi connectivity index (χ1v) is 9.81. The van der Waals surface area contributed by atoms with Gasteiger partial charge in [0.15, 0.2) is 0 Å². The van der Waals surface area contributed by atoms with Crippen molar-refractivity contribution in [1.29, 1.82) is 0 Å². The summed E-state index contributed by atoms with van der Waals surface area (Å²) >= 11 is 0. The summed E-state index contributed by atoms with van der Waals surface area (Å²) in [7, 11) is 2.88. The van der Waals surface area contributed by atoms with Crippen LogP contribution in [0.2, 0.25) is 0 Å². The maximum Gasteiger partial charge on any atom is 0.396 e. The zero-order valence-electron chi connectivity index (χ0n) is 18.3. The summed E-state index contributed by atoms with van der Waals surface area (Å²) in [4.78, 5) is 36.2. The van der Waals surface area contributed by atoms with Crippen LogP contribution in [0.1, 0.15) is 46.5 Å². The number of rotatable bonds is 6. The van der Waals surface area contributed by atoms with Crippen molar-refractivity contribution >= 4 is 24.0 Å². The molecular weight excluding hydrogens is 392 g/mol. The van der Waals surface area contributed by atoms with Crippen molar-refractivity contribution in [2.24, 2.45) is 5.92 Å². The summed E-state index contributed by atoms with van der Waals surface area (Å²) in [5, 5.41) is 2.40. The van der Waals surface area contributed by atoms with Crippen LogP contribution in [0, 0.1) is 5.92 Å². The summed E-state index contributed by atoms with van der Waals surface area (Å²) in [6.45, 7) is 6.73. The molecule has 0 bridgehead atoms. The lowest BCUT2D eigenvalue weighted by Crippen LogP contribution is -2.26. The topological polar surface area (TPSA) is 113 Å². The number of carbonyl (C=O) groups excluding carboxylic acids is 3. The third-order valence-electron chi connectivity index (χ3n) is 4.25. The van der Waals surface area contributed by atoms with E-state index in [9.17, 15) is 14.4 Å². The van der Waals surface area contributed by atoms with Gasteiger partial charge < -0.3 is 24.3 Å². The van der Waals surface area contributed by atoms with E-state index in [1.807, 2.05) is 20.8 Å². The molecule has 168 valence electrons. The third-order valence-corrected chi connectivity index (χ3v) is 4.25. The van der Waals surface area contributed by atoms with Crippen molar-refractivity contribution in [3.05, 3.63) is 18.3 Å². The second-order valence-corrected chi connectivity index (χ2v) is 7.87. The minimum absolute atomic E-state index is 0.158. The summed E-state index contributed by atoms with van der Waals surface area (Å²) < 4.78 is 19.9. The molecule has 1 aromatic rings. The maximum absolute atomic E-state index is 11.4. The Kier molecular flexibility index (Phi) is 10.8. The number of hydrogen-bond acceptors (Lipinski definition) is 8. The number of hydrogen-bond donors (Lipinski definition) is 1. The molecule has 1 saturated carbocycles. The van der Waals surface area contributed by atoms with Crippen molar-refractivity contribution < 1.29 is 33.3 Å². The molecule has 2 rings (SSSR count). The van der Waals surface area contributed by atoms with E-state index in [0.29, 0.717) is 24.0 Å². The average molecular weight is 424 g/mol. The minimum Gasteiger partial charge on any atom is -0.474 e. The van der Waals surface area contributed by atoms with Crippen molar-refractivity contribution in [3.63, 3.8) is 0 Å². The fourth-order valence-corrected chi connectivity index (χ4v) is 2.77. The number of pyridine rings is 1. The van der Waals surface area contributed by atoms with Crippen molar-refractivity contribution in [3.8, 4) is 5.88 Å². The number of methoxy groups -OCH3 is 2. The third kappa shape index (κ3) is 10.2. The molecule has 9 nitrogen and oxygen atoms in total. The fourth-order valence-electron chi connectivity index (χ4n) is 2.77. The molecule has 30 heavy (non-hydrogen) atoms. The Balaban J connectivity index is 0.000000553. The van der Waals surface area contributed by atoms with Gasteiger partial charge in [-0.1, -0.05) is 0 Å². The van der Waals surface area contributed by atoms with Gasteiger partial charge in [-0.15, -0.1) is 0 Å². The number of aromatic nitrogens is 1. The van der Waals surface area contributed by atoms with Gasteiger partial charge in [-0.05, 0) is 58.4 Å². The van der Waals surface area contributed by atoms with E-state index in [-0.39, 0.29) is 11.7 Å². The van der Waals surface area contributed by atoms with Gasteiger partial charge in [-0.2, -0.15) is 0 Å². The van der Waals surface area contributed by atoms with Crippen molar-refractivity contribution in [2.45, 2.75) is 58.2 Å². The second-order valence-electron chi connectivity index (χ2n) is 7.87. The van der Waals surface area contributed by atoms with E-state index in [0.717, 1.165) is 39.4 Å². The molecule has 0 saturated heterocycles. The Labute approximate surface area is 177 Å². The molecule has 0 aliphatic heterocycles. The molecule has 1 amide bonds. The Hall–Kier alpha value is -2.68. The first-order chi connectivity index (χ1) is 14.2. The quantitative estimate of drug-likeness (QED) is 0.421. The smallest absolute Gasteiger partial charge is 0.396 e. The van der Waals surface area contributed by atoms with E-state index in [4.69, 9.17) is 9.47 Å². The minimum atomic E-state index is -0.946. The first-order valence-electron chi connectivity index (χ1n) is 9.81. The molecular formula is C21H32N2O7. The molecule has 0 spiro atoms. The SMILES string of the molecule is CC(C)(C)OC=O.COCC1CCC(Oc2ccc(NC(=O)C(=O)OC)cn2)CC1. The molecule has 1 fully saturated rings. The predicted octanol–water partition coefficient (Wildman–Crippen LogP) is 2.74. The zero-order chi connectivity index (χ0) is 22.6. The molecule has 1 aliphatic rings. The Morgan fingerprint density at radius 1 is 1.17 bits per heavy atom. The zero-order valence-corrected chi connectivity index (χ0v) is 18.3. The standard InChI is InChI=1S/C16H22N2O5.C5H10O2/c1-21-10-11-3-6-13(7-4-11)23-14-8-5-12(9-17-14)18-15(19)16(20)22-2;1-5(2,3)7-4-6/h5,8-9,11,13H,3-4,6-7,10H2,1-2H3,(H,18,19);4H,1-3H3. The lowest BCUT2D eigenvalue weighted by molar-refractivity contribution is -0.150. The van der Waals surface area contributed by atoms with Crippen molar-refractivity contribution in [2.75, 3.05) is 26.1 Å². The van der Waals surface area contributed by atoms with E-state index >= 15 is 0 Å². The summed E-state index contributed by atoms with van der Waals surface area (Å²) in [5.74, 6) is -0.655. The number of nitrogens with one attached hydrogen (secondary N) is 1. The number of ether oxygens (including phenoxy) is 4. The number of amides is 1. The fraction of sp³-hybridized carbons (Fsp3) is 0.619. The normalized spacial score (nSPS) is 18.3. The lowest BCUT2D eigenvalue weighted by Gasteiger charge is -2.28. The van der Waals surface area contributed by atoms with Crippen molar-refractivity contribution in [1.82, 2.24) is 4.98 Å². The van der Waals surface area contributed by atoms with E-state index in [1.54, 1.807) is 19.2 Å². The van der Waals surface area contributed by atoms with Crippen LogP contribution in [0.15, 0.2) is 18.3 Å². The van der Waals surface area contributed by atoms with E-state index in [2.05, 4.69) is 19.8 Å². The van der Waals surface area contributed by atoms with Gasteiger partial charge >= 0.3 is 11.9 Å². The van der Waals surface area contributed by atoms with Crippen LogP contribution in [0.3, 0.4) is 0 Å². The number of anilines is 1. The second kappa shape index (κ2) is 12.8. The molecule has 0 atom stereocenters. The number of carbonyl (C=O) groups is 3. The Morgan fingerprint density at radius 2 is 1.83 bits per heavy atom. The van der Waals surface area contributed by atoms with Gasteiger partial charge in [-0.25, -0.2) is 9.78 Å². The molecule has 0 radical (unpaired) electrons. The molecule has 0 aromatic carbocycles. The molecule has 9 heteroatoms. The van der Waals surface area contributed by atoms with Crippen LogP contribution in [-0.2, 0) is 28.6 Å². The predicted molar refractivity (Wildman–Crippen MR) is 110 cm³/mol. The number of esters is 1. The van der Waals surface area contributed by atoms with Crippen LogP contribution in [0.5, 0.6) is 5.88 Å². The average Bonchev–Trinajstić information content (AvgIpc) is 2.70. The molecule has 1 heterocycles. The van der Waals surface area contributed by atoms with Crippen LogP contribution in [-0.4, -0.2) is 55.9 Å². The van der Waals surface area contributed by atoms with Crippen LogP contribution >= 0.6 is 0 Å². The first kappa shape index (κ1) is 25.4.